The molecule has 0 aromatic heterocycles. The normalized spacial score (nSPS) is 35.5. The molecule has 2 aliphatic heterocycles. The van der Waals surface area contributed by atoms with Crippen molar-refractivity contribution in [2.75, 3.05) is 39.8 Å². The maximum Gasteiger partial charge on any atom is 0.0724 e. The highest BCUT2D eigenvalue weighted by atomic mass is 16.5. The first-order chi connectivity index (χ1) is 9.72. The summed E-state index contributed by atoms with van der Waals surface area (Å²) in [6, 6.07) is 0. The van der Waals surface area contributed by atoms with E-state index in [1.807, 2.05) is 7.11 Å². The van der Waals surface area contributed by atoms with Crippen LogP contribution in [0.25, 0.3) is 0 Å². The molecular formula is C16H32N2O2. The number of likely N-dealkylation sites (tertiary alicyclic amines) is 1. The minimum absolute atomic E-state index is 0.396. The third kappa shape index (κ3) is 4.69. The Balaban J connectivity index is 1.67. The summed E-state index contributed by atoms with van der Waals surface area (Å²) < 4.78 is 11.8. The molecule has 0 saturated carbocycles. The number of nitrogens with zero attached hydrogens (tertiary/aromatic N) is 1. The number of piperidine rings is 1. The zero-order chi connectivity index (χ0) is 14.4. The smallest absolute Gasteiger partial charge is 0.0724 e. The monoisotopic (exact) mass is 284 g/mol. The Morgan fingerprint density at radius 2 is 2.05 bits per heavy atom. The van der Waals surface area contributed by atoms with Crippen LogP contribution in [0.15, 0.2) is 0 Å². The fourth-order valence-corrected chi connectivity index (χ4v) is 3.36. The highest BCUT2D eigenvalue weighted by Crippen LogP contribution is 2.24. The third-order valence-electron chi connectivity index (χ3n) is 4.73. The lowest BCUT2D eigenvalue weighted by molar-refractivity contribution is -0.0302. The summed E-state index contributed by atoms with van der Waals surface area (Å²) in [6.07, 6.45) is 6.10. The lowest BCUT2D eigenvalue weighted by atomic mass is 9.95. The second-order valence-electron chi connectivity index (χ2n) is 6.46. The lowest BCUT2D eigenvalue weighted by Crippen LogP contribution is -2.46. The zero-order valence-corrected chi connectivity index (χ0v) is 13.4. The van der Waals surface area contributed by atoms with Crippen molar-refractivity contribution in [2.45, 2.75) is 57.8 Å². The Labute approximate surface area is 124 Å². The number of nitrogens with one attached hydrogen (secondary N) is 1. The Bertz CT molecular complexity index is 275. The van der Waals surface area contributed by atoms with Gasteiger partial charge in [-0.25, -0.2) is 0 Å². The summed E-state index contributed by atoms with van der Waals surface area (Å²) in [5.41, 5.74) is 0. The molecular weight excluding hydrogens is 252 g/mol. The van der Waals surface area contributed by atoms with Gasteiger partial charge in [0.1, 0.15) is 0 Å². The van der Waals surface area contributed by atoms with E-state index in [9.17, 15) is 0 Å². The molecule has 2 fully saturated rings. The number of ether oxygens (including phenoxy) is 2. The van der Waals surface area contributed by atoms with Gasteiger partial charge < -0.3 is 14.8 Å². The Morgan fingerprint density at radius 1 is 1.25 bits per heavy atom. The number of rotatable bonds is 7. The van der Waals surface area contributed by atoms with Crippen LogP contribution in [0, 0.1) is 5.92 Å². The second kappa shape index (κ2) is 8.32. The Kier molecular flexibility index (Phi) is 6.75. The summed E-state index contributed by atoms with van der Waals surface area (Å²) in [4.78, 5) is 2.53. The number of hydrogen-bond acceptors (Lipinski definition) is 4. The van der Waals surface area contributed by atoms with Crippen LogP contribution >= 0.6 is 0 Å². The molecule has 2 saturated heterocycles. The molecule has 0 radical (unpaired) electrons. The van der Waals surface area contributed by atoms with Gasteiger partial charge in [0.2, 0.25) is 0 Å². The average molecular weight is 284 g/mol. The van der Waals surface area contributed by atoms with Gasteiger partial charge in [-0.1, -0.05) is 13.8 Å². The van der Waals surface area contributed by atoms with Crippen LogP contribution in [0.3, 0.4) is 0 Å². The van der Waals surface area contributed by atoms with Gasteiger partial charge in [-0.2, -0.15) is 0 Å². The molecule has 2 heterocycles. The topological polar surface area (TPSA) is 33.7 Å². The van der Waals surface area contributed by atoms with E-state index in [4.69, 9.17) is 9.47 Å². The average Bonchev–Trinajstić information content (AvgIpc) is 2.89. The van der Waals surface area contributed by atoms with Crippen molar-refractivity contribution < 1.29 is 9.47 Å². The van der Waals surface area contributed by atoms with E-state index in [0.29, 0.717) is 24.2 Å². The number of hydrogen-bond donors (Lipinski definition) is 1. The lowest BCUT2D eigenvalue weighted by Gasteiger charge is -2.37. The van der Waals surface area contributed by atoms with Crippen LogP contribution in [-0.2, 0) is 9.47 Å². The van der Waals surface area contributed by atoms with Crippen molar-refractivity contribution in [1.82, 2.24) is 10.2 Å². The Hall–Kier alpha value is -0.160. The van der Waals surface area contributed by atoms with Gasteiger partial charge in [0.15, 0.2) is 0 Å². The summed E-state index contributed by atoms with van der Waals surface area (Å²) >= 11 is 0. The van der Waals surface area contributed by atoms with Crippen LogP contribution in [0.5, 0.6) is 0 Å². The quantitative estimate of drug-likeness (QED) is 0.724. The standard InChI is InChI=1S/C16H32N2O2/c1-4-8-17-10-14-5-6-15(20-14)11-18-9-7-13(2)16(12-18)19-3/h13-17H,4-12H2,1-3H3. The van der Waals surface area contributed by atoms with Crippen LogP contribution in [-0.4, -0.2) is 63.0 Å². The molecule has 4 atom stereocenters. The predicted molar refractivity (Wildman–Crippen MR) is 82.1 cm³/mol. The first-order valence-corrected chi connectivity index (χ1v) is 8.34. The maximum atomic E-state index is 6.16. The van der Waals surface area contributed by atoms with Gasteiger partial charge in [-0.05, 0) is 44.7 Å². The van der Waals surface area contributed by atoms with E-state index in [1.165, 1.54) is 32.2 Å². The molecule has 0 amide bonds. The van der Waals surface area contributed by atoms with Crippen LogP contribution in [0.2, 0.25) is 0 Å². The highest BCUT2D eigenvalue weighted by Gasteiger charge is 2.30. The van der Waals surface area contributed by atoms with E-state index in [1.54, 1.807) is 0 Å². The van der Waals surface area contributed by atoms with Gasteiger partial charge in [-0.15, -0.1) is 0 Å². The first kappa shape index (κ1) is 16.2. The molecule has 0 spiro atoms. The molecule has 4 unspecified atom stereocenters. The summed E-state index contributed by atoms with van der Waals surface area (Å²) in [5, 5.41) is 3.46. The molecule has 0 bridgehead atoms. The van der Waals surface area contributed by atoms with Gasteiger partial charge >= 0.3 is 0 Å². The maximum absolute atomic E-state index is 6.16. The molecule has 1 N–H and O–H groups in total. The molecule has 0 aliphatic carbocycles. The van der Waals surface area contributed by atoms with Gasteiger partial charge in [0.05, 0.1) is 18.3 Å². The SMILES string of the molecule is CCCNCC1CCC(CN2CCC(C)C(OC)C2)O1. The van der Waals surface area contributed by atoms with Crippen molar-refractivity contribution in [3.05, 3.63) is 0 Å². The highest BCUT2D eigenvalue weighted by molar-refractivity contribution is 4.83. The van der Waals surface area contributed by atoms with E-state index in [-0.39, 0.29) is 0 Å². The largest absolute Gasteiger partial charge is 0.380 e. The summed E-state index contributed by atoms with van der Waals surface area (Å²) in [7, 11) is 1.84. The molecule has 0 aromatic carbocycles. The summed E-state index contributed by atoms with van der Waals surface area (Å²) in [6.45, 7) is 9.96. The van der Waals surface area contributed by atoms with Crippen LogP contribution in [0.4, 0.5) is 0 Å². The summed E-state index contributed by atoms with van der Waals surface area (Å²) in [5.74, 6) is 0.687. The minimum atomic E-state index is 0.396. The van der Waals surface area contributed by atoms with Crippen molar-refractivity contribution in [3.63, 3.8) is 0 Å². The molecule has 4 nitrogen and oxygen atoms in total. The predicted octanol–water partition coefficient (Wildman–Crippen LogP) is 1.89. The van der Waals surface area contributed by atoms with Crippen molar-refractivity contribution in [1.29, 1.82) is 0 Å². The fraction of sp³-hybridized carbons (Fsp3) is 1.00. The van der Waals surface area contributed by atoms with Gasteiger partial charge in [0, 0.05) is 26.7 Å². The van der Waals surface area contributed by atoms with E-state index in [2.05, 4.69) is 24.1 Å². The molecule has 20 heavy (non-hydrogen) atoms. The molecule has 0 aromatic rings. The van der Waals surface area contributed by atoms with Crippen molar-refractivity contribution in [2.24, 2.45) is 5.92 Å². The van der Waals surface area contributed by atoms with Crippen LogP contribution in [0.1, 0.15) is 39.5 Å². The van der Waals surface area contributed by atoms with Crippen molar-refractivity contribution in [3.8, 4) is 0 Å². The third-order valence-corrected chi connectivity index (χ3v) is 4.73. The molecule has 2 rings (SSSR count). The van der Waals surface area contributed by atoms with Crippen LogP contribution < -0.4 is 5.32 Å². The molecule has 4 heteroatoms. The Morgan fingerprint density at radius 3 is 2.80 bits per heavy atom. The van der Waals surface area contributed by atoms with Crippen molar-refractivity contribution >= 4 is 0 Å². The second-order valence-corrected chi connectivity index (χ2v) is 6.46. The van der Waals surface area contributed by atoms with E-state index >= 15 is 0 Å². The molecule has 2 aliphatic rings. The zero-order valence-electron chi connectivity index (χ0n) is 13.4. The van der Waals surface area contributed by atoms with Gasteiger partial charge in [-0.3, -0.25) is 4.90 Å². The van der Waals surface area contributed by atoms with Gasteiger partial charge in [0.25, 0.3) is 0 Å². The number of methoxy groups -OCH3 is 1. The van der Waals surface area contributed by atoms with E-state index in [0.717, 1.165) is 26.2 Å². The minimum Gasteiger partial charge on any atom is -0.380 e. The molecule has 118 valence electrons. The fourth-order valence-electron chi connectivity index (χ4n) is 3.36. The first-order valence-electron chi connectivity index (χ1n) is 8.34. The van der Waals surface area contributed by atoms with E-state index < -0.39 is 0 Å².